The van der Waals surface area contributed by atoms with Gasteiger partial charge >= 0.3 is 6.03 Å². The fraction of sp³-hybridized carbons (Fsp3) is 0.214. The molecule has 1 aliphatic rings. The number of nitrogens with zero attached hydrogens (tertiary/aromatic N) is 3. The van der Waals surface area contributed by atoms with Crippen LogP contribution in [0.2, 0.25) is 0 Å². The maximum Gasteiger partial charge on any atom is 0.325 e. The first-order valence-electron chi connectivity index (χ1n) is 6.66. The number of carbonyl (C=O) groups excluding carboxylic acids is 2. The second kappa shape index (κ2) is 5.84. The number of halogens is 1. The molecule has 114 valence electrons. The lowest BCUT2D eigenvalue weighted by molar-refractivity contribution is -0.116. The zero-order chi connectivity index (χ0) is 15.5. The van der Waals surface area contributed by atoms with Crippen LogP contribution in [0.4, 0.5) is 20.7 Å². The van der Waals surface area contributed by atoms with E-state index in [9.17, 15) is 14.0 Å². The molecule has 1 aromatic heterocycles. The summed E-state index contributed by atoms with van der Waals surface area (Å²) in [7, 11) is 0. The largest absolute Gasteiger partial charge is 0.363 e. The van der Waals surface area contributed by atoms with Crippen molar-refractivity contribution >= 4 is 23.4 Å². The number of carbonyl (C=O) groups is 2. The van der Waals surface area contributed by atoms with Gasteiger partial charge in [0.25, 0.3) is 0 Å². The molecule has 3 rings (SSSR count). The topological polar surface area (TPSA) is 78.7 Å². The van der Waals surface area contributed by atoms with E-state index in [0.717, 1.165) is 0 Å². The molecular formula is C14H13FN4O3. The zero-order valence-corrected chi connectivity index (χ0v) is 11.5. The SMILES string of the molecule is O=C(CN1CCN(c2ccccc2F)C1=O)Nc1ccon1. The highest BCUT2D eigenvalue weighted by Gasteiger charge is 2.32. The Bertz CT molecular complexity index is 689. The van der Waals surface area contributed by atoms with E-state index in [2.05, 4.69) is 15.0 Å². The van der Waals surface area contributed by atoms with Crippen LogP contribution < -0.4 is 10.2 Å². The molecule has 0 aliphatic carbocycles. The molecule has 1 aromatic carbocycles. The van der Waals surface area contributed by atoms with E-state index < -0.39 is 17.8 Å². The van der Waals surface area contributed by atoms with Gasteiger partial charge in [-0.3, -0.25) is 9.69 Å². The Morgan fingerprint density at radius 3 is 2.86 bits per heavy atom. The van der Waals surface area contributed by atoms with E-state index in [1.165, 1.54) is 34.3 Å². The van der Waals surface area contributed by atoms with Gasteiger partial charge in [0.1, 0.15) is 18.6 Å². The predicted octanol–water partition coefficient (Wildman–Crippen LogP) is 1.69. The first-order valence-corrected chi connectivity index (χ1v) is 6.66. The standard InChI is InChI=1S/C14H13FN4O3/c15-10-3-1-2-4-11(10)19-7-6-18(14(19)21)9-13(20)16-12-5-8-22-17-12/h1-5,8H,6-7,9H2,(H,16,17,20). The average molecular weight is 304 g/mol. The number of para-hydroxylation sites is 1. The monoisotopic (exact) mass is 304 g/mol. The Balaban J connectivity index is 1.64. The van der Waals surface area contributed by atoms with Gasteiger partial charge in [0.15, 0.2) is 5.82 Å². The highest BCUT2D eigenvalue weighted by molar-refractivity contribution is 5.99. The molecule has 22 heavy (non-hydrogen) atoms. The summed E-state index contributed by atoms with van der Waals surface area (Å²) in [4.78, 5) is 26.8. The molecule has 1 aliphatic heterocycles. The number of nitrogens with one attached hydrogen (secondary N) is 1. The molecule has 1 fully saturated rings. The van der Waals surface area contributed by atoms with Gasteiger partial charge in [-0.1, -0.05) is 17.3 Å². The normalized spacial score (nSPS) is 14.5. The van der Waals surface area contributed by atoms with Crippen LogP contribution in [0.5, 0.6) is 0 Å². The molecule has 0 unspecified atom stereocenters. The number of aromatic nitrogens is 1. The number of rotatable bonds is 4. The lowest BCUT2D eigenvalue weighted by atomic mass is 10.3. The molecule has 3 amide bonds. The number of hydrogen-bond acceptors (Lipinski definition) is 4. The third-order valence-corrected chi connectivity index (χ3v) is 3.28. The van der Waals surface area contributed by atoms with Gasteiger partial charge in [0, 0.05) is 19.2 Å². The van der Waals surface area contributed by atoms with E-state index in [4.69, 9.17) is 0 Å². The van der Waals surface area contributed by atoms with Gasteiger partial charge < -0.3 is 14.7 Å². The summed E-state index contributed by atoms with van der Waals surface area (Å²) in [6.07, 6.45) is 1.33. The Kier molecular flexibility index (Phi) is 3.73. The highest BCUT2D eigenvalue weighted by atomic mass is 19.1. The summed E-state index contributed by atoms with van der Waals surface area (Å²) < 4.78 is 18.3. The van der Waals surface area contributed by atoms with Crippen LogP contribution in [-0.4, -0.2) is 41.6 Å². The molecule has 0 atom stereocenters. The smallest absolute Gasteiger partial charge is 0.325 e. The van der Waals surface area contributed by atoms with Gasteiger partial charge in [-0.05, 0) is 12.1 Å². The van der Waals surface area contributed by atoms with Crippen LogP contribution in [0.3, 0.4) is 0 Å². The van der Waals surface area contributed by atoms with Crippen molar-refractivity contribution in [1.29, 1.82) is 0 Å². The minimum Gasteiger partial charge on any atom is -0.363 e. The molecule has 2 aromatic rings. The second-order valence-electron chi connectivity index (χ2n) is 4.74. The van der Waals surface area contributed by atoms with Crippen LogP contribution in [-0.2, 0) is 4.79 Å². The second-order valence-corrected chi connectivity index (χ2v) is 4.74. The molecule has 0 radical (unpaired) electrons. The molecule has 0 bridgehead atoms. The van der Waals surface area contributed by atoms with E-state index in [1.807, 2.05) is 0 Å². The van der Waals surface area contributed by atoms with Gasteiger partial charge in [-0.25, -0.2) is 9.18 Å². The summed E-state index contributed by atoms with van der Waals surface area (Å²) in [6, 6.07) is 7.14. The number of benzene rings is 1. The van der Waals surface area contributed by atoms with Crippen LogP contribution in [0.15, 0.2) is 41.1 Å². The van der Waals surface area contributed by atoms with E-state index in [-0.39, 0.29) is 18.1 Å². The van der Waals surface area contributed by atoms with Crippen molar-refractivity contribution in [2.75, 3.05) is 29.9 Å². The fourth-order valence-electron chi connectivity index (χ4n) is 2.26. The van der Waals surface area contributed by atoms with Crippen molar-refractivity contribution in [1.82, 2.24) is 10.1 Å². The lowest BCUT2D eigenvalue weighted by Gasteiger charge is -2.18. The predicted molar refractivity (Wildman–Crippen MR) is 75.8 cm³/mol. The average Bonchev–Trinajstić information content (AvgIpc) is 3.11. The molecule has 1 N–H and O–H groups in total. The zero-order valence-electron chi connectivity index (χ0n) is 11.5. The highest BCUT2D eigenvalue weighted by Crippen LogP contribution is 2.23. The van der Waals surface area contributed by atoms with Crippen LogP contribution in [0.25, 0.3) is 0 Å². The number of amides is 3. The lowest BCUT2D eigenvalue weighted by Crippen LogP contribution is -2.37. The van der Waals surface area contributed by atoms with E-state index in [0.29, 0.717) is 13.1 Å². The van der Waals surface area contributed by atoms with Crippen molar-refractivity contribution in [2.45, 2.75) is 0 Å². The summed E-state index contributed by atoms with van der Waals surface area (Å²) >= 11 is 0. The third-order valence-electron chi connectivity index (χ3n) is 3.28. The Morgan fingerprint density at radius 1 is 1.32 bits per heavy atom. The summed E-state index contributed by atoms with van der Waals surface area (Å²) in [6.45, 7) is 0.549. The first kappa shape index (κ1) is 14.1. The summed E-state index contributed by atoms with van der Waals surface area (Å²) in [5, 5.41) is 6.06. The molecule has 2 heterocycles. The van der Waals surface area contributed by atoms with Gasteiger partial charge in [-0.2, -0.15) is 0 Å². The minimum atomic E-state index is -0.468. The summed E-state index contributed by atoms with van der Waals surface area (Å²) in [5.74, 6) is -0.579. The molecule has 8 heteroatoms. The Morgan fingerprint density at radius 2 is 2.14 bits per heavy atom. The Labute approximate surface area is 125 Å². The first-order chi connectivity index (χ1) is 10.6. The minimum absolute atomic E-state index is 0.128. The van der Waals surface area contributed by atoms with Crippen molar-refractivity contribution in [2.24, 2.45) is 0 Å². The van der Waals surface area contributed by atoms with Gasteiger partial charge in [-0.15, -0.1) is 0 Å². The maximum atomic E-state index is 13.7. The molecule has 0 spiro atoms. The van der Waals surface area contributed by atoms with Gasteiger partial charge in [0.2, 0.25) is 5.91 Å². The van der Waals surface area contributed by atoms with Crippen molar-refractivity contribution in [3.8, 4) is 0 Å². The van der Waals surface area contributed by atoms with Gasteiger partial charge in [0.05, 0.1) is 5.69 Å². The van der Waals surface area contributed by atoms with Crippen LogP contribution in [0.1, 0.15) is 0 Å². The van der Waals surface area contributed by atoms with Crippen molar-refractivity contribution < 1.29 is 18.5 Å². The molecular weight excluding hydrogens is 291 g/mol. The third kappa shape index (κ3) is 2.76. The number of anilines is 2. The maximum absolute atomic E-state index is 13.7. The molecule has 7 nitrogen and oxygen atoms in total. The number of hydrogen-bond donors (Lipinski definition) is 1. The summed E-state index contributed by atoms with van der Waals surface area (Å²) in [5.41, 5.74) is 0.215. The fourth-order valence-corrected chi connectivity index (χ4v) is 2.26. The van der Waals surface area contributed by atoms with Crippen molar-refractivity contribution in [3.05, 3.63) is 42.4 Å². The quantitative estimate of drug-likeness (QED) is 0.932. The van der Waals surface area contributed by atoms with Crippen LogP contribution in [0, 0.1) is 5.82 Å². The van der Waals surface area contributed by atoms with E-state index >= 15 is 0 Å². The molecule has 1 saturated heterocycles. The van der Waals surface area contributed by atoms with E-state index in [1.54, 1.807) is 12.1 Å². The Hall–Kier alpha value is -2.90. The number of urea groups is 1. The van der Waals surface area contributed by atoms with Crippen molar-refractivity contribution in [3.63, 3.8) is 0 Å². The van der Waals surface area contributed by atoms with Crippen LogP contribution >= 0.6 is 0 Å². The molecule has 0 saturated carbocycles.